The summed E-state index contributed by atoms with van der Waals surface area (Å²) in [6.45, 7) is 4.83. The van der Waals surface area contributed by atoms with Gasteiger partial charge in [-0.05, 0) is 51.7 Å². The van der Waals surface area contributed by atoms with E-state index >= 15 is 0 Å². The first kappa shape index (κ1) is 14.5. The molecule has 1 rings (SSSR count). The van der Waals surface area contributed by atoms with Crippen LogP contribution in [-0.4, -0.2) is 44.5 Å². The van der Waals surface area contributed by atoms with E-state index in [2.05, 4.69) is 15.5 Å². The molecule has 2 N–H and O–H groups in total. The number of likely N-dealkylation sites (N-methyl/N-ethyl adjacent to an activating group) is 1. The summed E-state index contributed by atoms with van der Waals surface area (Å²) in [5.74, 6) is -0.0184. The molecule has 0 bridgehead atoms. The van der Waals surface area contributed by atoms with E-state index in [-0.39, 0.29) is 11.9 Å². The van der Waals surface area contributed by atoms with E-state index < -0.39 is 0 Å². The van der Waals surface area contributed by atoms with Gasteiger partial charge in [-0.2, -0.15) is 0 Å². The second-order valence-corrected chi connectivity index (χ2v) is 4.92. The number of carbonyl (C=O) groups is 1. The Labute approximate surface area is 109 Å². The summed E-state index contributed by atoms with van der Waals surface area (Å²) >= 11 is 0. The molecule has 1 unspecified atom stereocenters. The number of nitrogens with one attached hydrogen (secondary N) is 2. The van der Waals surface area contributed by atoms with Gasteiger partial charge in [0.2, 0.25) is 0 Å². The molecule has 0 heterocycles. The SMILES string of the molecule is CNc1ccc(C(=O)NC(C)CN(C)C)cc1C. The first-order valence-electron chi connectivity index (χ1n) is 6.18. The summed E-state index contributed by atoms with van der Waals surface area (Å²) in [5.41, 5.74) is 2.83. The molecule has 0 aromatic heterocycles. The summed E-state index contributed by atoms with van der Waals surface area (Å²) in [4.78, 5) is 14.1. The van der Waals surface area contributed by atoms with Crippen molar-refractivity contribution >= 4 is 11.6 Å². The Bertz CT molecular complexity index is 416. The van der Waals surface area contributed by atoms with Gasteiger partial charge in [0.1, 0.15) is 0 Å². The molecular weight excluding hydrogens is 226 g/mol. The van der Waals surface area contributed by atoms with Crippen LogP contribution >= 0.6 is 0 Å². The average molecular weight is 249 g/mol. The lowest BCUT2D eigenvalue weighted by atomic mass is 10.1. The minimum atomic E-state index is -0.0184. The zero-order chi connectivity index (χ0) is 13.7. The molecule has 1 aromatic carbocycles. The van der Waals surface area contributed by atoms with E-state index in [0.29, 0.717) is 5.56 Å². The van der Waals surface area contributed by atoms with Crippen LogP contribution in [0.2, 0.25) is 0 Å². The van der Waals surface area contributed by atoms with Crippen molar-refractivity contribution in [1.29, 1.82) is 0 Å². The highest BCUT2D eigenvalue weighted by molar-refractivity contribution is 5.95. The van der Waals surface area contributed by atoms with Gasteiger partial charge >= 0.3 is 0 Å². The Balaban J connectivity index is 2.70. The Kier molecular flexibility index (Phi) is 5.16. The van der Waals surface area contributed by atoms with Crippen molar-refractivity contribution in [3.8, 4) is 0 Å². The molecule has 0 saturated carbocycles. The molecule has 1 atom stereocenters. The monoisotopic (exact) mass is 249 g/mol. The molecule has 0 fully saturated rings. The highest BCUT2D eigenvalue weighted by atomic mass is 16.1. The quantitative estimate of drug-likeness (QED) is 0.835. The fourth-order valence-corrected chi connectivity index (χ4v) is 1.99. The molecule has 4 heteroatoms. The molecule has 0 aliphatic rings. The molecule has 0 aliphatic carbocycles. The first-order valence-corrected chi connectivity index (χ1v) is 6.18. The number of anilines is 1. The Morgan fingerprint density at radius 1 is 1.39 bits per heavy atom. The largest absolute Gasteiger partial charge is 0.388 e. The Morgan fingerprint density at radius 3 is 2.56 bits per heavy atom. The molecule has 100 valence electrons. The molecule has 0 radical (unpaired) electrons. The maximum absolute atomic E-state index is 12.0. The van der Waals surface area contributed by atoms with Crippen molar-refractivity contribution in [1.82, 2.24) is 10.2 Å². The zero-order valence-electron chi connectivity index (χ0n) is 11.9. The molecule has 18 heavy (non-hydrogen) atoms. The third-order valence-electron chi connectivity index (χ3n) is 2.77. The number of hydrogen-bond acceptors (Lipinski definition) is 3. The molecule has 0 saturated heterocycles. The van der Waals surface area contributed by atoms with Crippen molar-refractivity contribution in [2.75, 3.05) is 33.0 Å². The van der Waals surface area contributed by atoms with E-state index in [0.717, 1.165) is 17.8 Å². The number of hydrogen-bond donors (Lipinski definition) is 2. The minimum absolute atomic E-state index is 0.0184. The normalized spacial score (nSPS) is 12.3. The van der Waals surface area contributed by atoms with Crippen molar-refractivity contribution < 1.29 is 4.79 Å². The van der Waals surface area contributed by atoms with Crippen molar-refractivity contribution in [2.24, 2.45) is 0 Å². The second-order valence-electron chi connectivity index (χ2n) is 4.92. The molecule has 1 amide bonds. The summed E-state index contributed by atoms with van der Waals surface area (Å²) in [6, 6.07) is 5.82. The lowest BCUT2D eigenvalue weighted by molar-refractivity contribution is 0.0934. The Hall–Kier alpha value is -1.55. The average Bonchev–Trinajstić information content (AvgIpc) is 2.27. The van der Waals surface area contributed by atoms with E-state index in [1.165, 1.54) is 0 Å². The maximum atomic E-state index is 12.0. The molecule has 1 aromatic rings. The lowest BCUT2D eigenvalue weighted by Crippen LogP contribution is -2.39. The third-order valence-corrected chi connectivity index (χ3v) is 2.77. The Morgan fingerprint density at radius 2 is 2.06 bits per heavy atom. The number of rotatable bonds is 5. The summed E-state index contributed by atoms with van der Waals surface area (Å²) in [7, 11) is 5.87. The smallest absolute Gasteiger partial charge is 0.251 e. The topological polar surface area (TPSA) is 44.4 Å². The summed E-state index contributed by atoms with van der Waals surface area (Å²) in [5, 5.41) is 6.08. The maximum Gasteiger partial charge on any atom is 0.251 e. The van der Waals surface area contributed by atoms with Gasteiger partial charge in [-0.15, -0.1) is 0 Å². The van der Waals surface area contributed by atoms with Gasteiger partial charge in [-0.3, -0.25) is 4.79 Å². The van der Waals surface area contributed by atoms with Crippen molar-refractivity contribution in [3.63, 3.8) is 0 Å². The zero-order valence-corrected chi connectivity index (χ0v) is 11.9. The van der Waals surface area contributed by atoms with Crippen LogP contribution in [0.4, 0.5) is 5.69 Å². The molecular formula is C14H23N3O. The van der Waals surface area contributed by atoms with Crippen LogP contribution in [0.15, 0.2) is 18.2 Å². The second kappa shape index (κ2) is 6.40. The predicted octanol–water partition coefficient (Wildman–Crippen LogP) is 1.72. The first-order chi connectivity index (χ1) is 8.43. The van der Waals surface area contributed by atoms with E-state index in [4.69, 9.17) is 0 Å². The van der Waals surface area contributed by atoms with Gasteiger partial charge in [0, 0.05) is 30.9 Å². The van der Waals surface area contributed by atoms with Gasteiger partial charge in [-0.1, -0.05) is 0 Å². The molecule has 0 spiro atoms. The fraction of sp³-hybridized carbons (Fsp3) is 0.500. The number of nitrogens with zero attached hydrogens (tertiary/aromatic N) is 1. The van der Waals surface area contributed by atoms with Gasteiger partial charge in [0.25, 0.3) is 5.91 Å². The van der Waals surface area contributed by atoms with Crippen LogP contribution in [0.1, 0.15) is 22.8 Å². The van der Waals surface area contributed by atoms with Crippen molar-refractivity contribution in [2.45, 2.75) is 19.9 Å². The number of aryl methyl sites for hydroxylation is 1. The number of amides is 1. The van der Waals surface area contributed by atoms with Crippen molar-refractivity contribution in [3.05, 3.63) is 29.3 Å². The van der Waals surface area contributed by atoms with Gasteiger partial charge in [-0.25, -0.2) is 0 Å². The minimum Gasteiger partial charge on any atom is -0.388 e. The standard InChI is InChI=1S/C14H23N3O/c1-10-8-12(6-7-13(10)15-3)14(18)16-11(2)9-17(4)5/h6-8,11,15H,9H2,1-5H3,(H,16,18). The van der Waals surface area contributed by atoms with Gasteiger partial charge in [0.15, 0.2) is 0 Å². The lowest BCUT2D eigenvalue weighted by Gasteiger charge is -2.18. The van der Waals surface area contributed by atoms with Crippen LogP contribution in [0.25, 0.3) is 0 Å². The van der Waals surface area contributed by atoms with E-state index in [9.17, 15) is 4.79 Å². The van der Waals surface area contributed by atoms with Crippen LogP contribution < -0.4 is 10.6 Å². The summed E-state index contributed by atoms with van der Waals surface area (Å²) < 4.78 is 0. The molecule has 4 nitrogen and oxygen atoms in total. The van der Waals surface area contributed by atoms with Crippen LogP contribution in [0.5, 0.6) is 0 Å². The van der Waals surface area contributed by atoms with Gasteiger partial charge < -0.3 is 15.5 Å². The third kappa shape index (κ3) is 4.04. The highest BCUT2D eigenvalue weighted by Gasteiger charge is 2.11. The number of carbonyl (C=O) groups excluding carboxylic acids is 1. The summed E-state index contributed by atoms with van der Waals surface area (Å²) in [6.07, 6.45) is 0. The molecule has 0 aliphatic heterocycles. The number of benzene rings is 1. The van der Waals surface area contributed by atoms with Gasteiger partial charge in [0.05, 0.1) is 0 Å². The van der Waals surface area contributed by atoms with Crippen LogP contribution in [-0.2, 0) is 0 Å². The van der Waals surface area contributed by atoms with Crippen LogP contribution in [0, 0.1) is 6.92 Å². The van der Waals surface area contributed by atoms with E-state index in [1.54, 1.807) is 0 Å². The van der Waals surface area contributed by atoms with Crippen LogP contribution in [0.3, 0.4) is 0 Å². The highest BCUT2D eigenvalue weighted by Crippen LogP contribution is 2.15. The van der Waals surface area contributed by atoms with E-state index in [1.807, 2.05) is 53.2 Å². The predicted molar refractivity (Wildman–Crippen MR) is 76.2 cm³/mol. The fourth-order valence-electron chi connectivity index (χ4n) is 1.99.